The van der Waals surface area contributed by atoms with E-state index in [1.807, 2.05) is 4.90 Å². The lowest BCUT2D eigenvalue weighted by atomic mass is 9.94. The highest BCUT2D eigenvalue weighted by Gasteiger charge is 2.25. The van der Waals surface area contributed by atoms with Gasteiger partial charge in [-0.25, -0.2) is 4.39 Å². The zero-order valence-electron chi connectivity index (χ0n) is 11.1. The minimum atomic E-state index is -0.261. The molecule has 19 heavy (non-hydrogen) atoms. The molecule has 0 radical (unpaired) electrons. The Hall–Kier alpha value is -0.900. The maximum Gasteiger partial charge on any atom is 0.226 e. The Bertz CT molecular complexity index is 424. The molecule has 0 bridgehead atoms. The van der Waals surface area contributed by atoms with Gasteiger partial charge in [0, 0.05) is 17.9 Å². The van der Waals surface area contributed by atoms with Gasteiger partial charge in [-0.2, -0.15) is 0 Å². The lowest BCUT2D eigenvalue weighted by Crippen LogP contribution is -2.40. The average molecular weight is 328 g/mol. The molecule has 0 aliphatic carbocycles. The molecule has 1 aliphatic rings. The molecule has 1 aromatic carbocycles. The van der Waals surface area contributed by atoms with Crippen molar-refractivity contribution in [2.24, 2.45) is 5.92 Å². The first-order chi connectivity index (χ1) is 9.06. The van der Waals surface area contributed by atoms with Gasteiger partial charge in [0.2, 0.25) is 5.91 Å². The lowest BCUT2D eigenvalue weighted by Gasteiger charge is -2.33. The number of carbonyl (C=O) groups excluding carboxylic acids is 1. The van der Waals surface area contributed by atoms with E-state index in [0.717, 1.165) is 31.5 Å². The smallest absolute Gasteiger partial charge is 0.226 e. The van der Waals surface area contributed by atoms with Crippen LogP contribution in [0.15, 0.2) is 24.3 Å². The number of benzene rings is 1. The number of likely N-dealkylation sites (tertiary alicyclic amines) is 1. The van der Waals surface area contributed by atoms with Crippen LogP contribution < -0.4 is 0 Å². The maximum atomic E-state index is 12.8. The third kappa shape index (κ3) is 4.03. The van der Waals surface area contributed by atoms with Gasteiger partial charge in [-0.3, -0.25) is 4.79 Å². The van der Waals surface area contributed by atoms with E-state index >= 15 is 0 Å². The Morgan fingerprint density at radius 1 is 1.37 bits per heavy atom. The van der Waals surface area contributed by atoms with Crippen LogP contribution in [0.5, 0.6) is 0 Å². The third-order valence-electron chi connectivity index (χ3n) is 3.81. The van der Waals surface area contributed by atoms with Crippen molar-refractivity contribution in [3.8, 4) is 0 Å². The molecule has 0 spiro atoms. The first kappa shape index (κ1) is 14.5. The Morgan fingerprint density at radius 2 is 1.95 bits per heavy atom. The predicted molar refractivity (Wildman–Crippen MR) is 77.8 cm³/mol. The van der Waals surface area contributed by atoms with Crippen LogP contribution in [0.2, 0.25) is 0 Å². The van der Waals surface area contributed by atoms with Gasteiger partial charge in [0.15, 0.2) is 0 Å². The van der Waals surface area contributed by atoms with E-state index in [-0.39, 0.29) is 11.7 Å². The summed E-state index contributed by atoms with van der Waals surface area (Å²) in [7, 11) is 0. The van der Waals surface area contributed by atoms with Crippen LogP contribution in [-0.4, -0.2) is 28.7 Å². The quantitative estimate of drug-likeness (QED) is 0.779. The molecular formula is C15H19BrFNO. The maximum absolute atomic E-state index is 12.8. The molecule has 4 heteroatoms. The summed E-state index contributed by atoms with van der Waals surface area (Å²) in [6, 6.07) is 6.17. The van der Waals surface area contributed by atoms with Crippen molar-refractivity contribution in [2.75, 3.05) is 13.1 Å². The number of hydrogen-bond donors (Lipinski definition) is 0. The number of piperidine rings is 1. The third-order valence-corrected chi connectivity index (χ3v) is 4.56. The van der Waals surface area contributed by atoms with Crippen molar-refractivity contribution in [2.45, 2.75) is 31.0 Å². The van der Waals surface area contributed by atoms with E-state index in [1.165, 1.54) is 12.1 Å². The van der Waals surface area contributed by atoms with Crippen LogP contribution in [0.3, 0.4) is 0 Å². The minimum Gasteiger partial charge on any atom is -0.342 e. The van der Waals surface area contributed by atoms with Gasteiger partial charge < -0.3 is 4.90 Å². The van der Waals surface area contributed by atoms with Gasteiger partial charge in [0.25, 0.3) is 0 Å². The summed E-state index contributed by atoms with van der Waals surface area (Å²) in [6.07, 6.45) is 2.48. The molecule has 1 fully saturated rings. The largest absolute Gasteiger partial charge is 0.342 e. The van der Waals surface area contributed by atoms with Gasteiger partial charge in [0.05, 0.1) is 6.42 Å². The molecule has 0 saturated carbocycles. The summed E-state index contributed by atoms with van der Waals surface area (Å²) in [5, 5.41) is 0. The molecule has 0 N–H and O–H groups in total. The fourth-order valence-electron chi connectivity index (χ4n) is 2.50. The second-order valence-electron chi connectivity index (χ2n) is 5.20. The van der Waals surface area contributed by atoms with Gasteiger partial charge in [-0.05, 0) is 36.5 Å². The highest BCUT2D eigenvalue weighted by Crippen LogP contribution is 2.25. The van der Waals surface area contributed by atoms with Crippen molar-refractivity contribution >= 4 is 21.8 Å². The van der Waals surface area contributed by atoms with Crippen LogP contribution in [-0.2, 0) is 11.2 Å². The summed E-state index contributed by atoms with van der Waals surface area (Å²) < 4.78 is 12.8. The molecular weight excluding hydrogens is 309 g/mol. The zero-order valence-corrected chi connectivity index (χ0v) is 12.7. The molecule has 1 amide bonds. The van der Waals surface area contributed by atoms with Crippen LogP contribution in [0, 0.1) is 11.7 Å². The van der Waals surface area contributed by atoms with Gasteiger partial charge >= 0.3 is 0 Å². The Labute approximate surface area is 122 Å². The topological polar surface area (TPSA) is 20.3 Å². The lowest BCUT2D eigenvalue weighted by molar-refractivity contribution is -0.131. The Balaban J connectivity index is 1.86. The monoisotopic (exact) mass is 327 g/mol. The minimum absolute atomic E-state index is 0.146. The molecule has 104 valence electrons. The Morgan fingerprint density at radius 3 is 2.47 bits per heavy atom. The zero-order chi connectivity index (χ0) is 13.8. The number of halogens is 2. The fourth-order valence-corrected chi connectivity index (χ4v) is 3.03. The number of rotatable bonds is 3. The van der Waals surface area contributed by atoms with Crippen molar-refractivity contribution in [3.63, 3.8) is 0 Å². The summed E-state index contributed by atoms with van der Waals surface area (Å²) in [4.78, 5) is 14.6. The summed E-state index contributed by atoms with van der Waals surface area (Å²) in [5.41, 5.74) is 0.877. The SMILES string of the molecule is CC(Br)C1CCN(C(=O)Cc2ccc(F)cc2)CC1. The highest BCUT2D eigenvalue weighted by atomic mass is 79.9. The first-order valence-corrected chi connectivity index (χ1v) is 7.64. The Kier molecular flexibility index (Phi) is 4.97. The number of nitrogens with zero attached hydrogens (tertiary/aromatic N) is 1. The summed E-state index contributed by atoms with van der Waals surface area (Å²) >= 11 is 3.61. The molecule has 0 aromatic heterocycles. The molecule has 1 aliphatic heterocycles. The number of hydrogen-bond acceptors (Lipinski definition) is 1. The van der Waals surface area contributed by atoms with E-state index in [0.29, 0.717) is 17.2 Å². The number of carbonyl (C=O) groups is 1. The standard InChI is InChI=1S/C15H19BrFNO/c1-11(16)13-6-8-18(9-7-13)15(19)10-12-2-4-14(17)5-3-12/h2-5,11,13H,6-10H2,1H3. The van der Waals surface area contributed by atoms with Crippen LogP contribution in [0.25, 0.3) is 0 Å². The fraction of sp³-hybridized carbons (Fsp3) is 0.533. The normalized spacial score (nSPS) is 18.4. The van der Waals surface area contributed by atoms with Crippen molar-refractivity contribution in [1.29, 1.82) is 0 Å². The van der Waals surface area contributed by atoms with Crippen molar-refractivity contribution in [1.82, 2.24) is 4.90 Å². The van der Waals surface area contributed by atoms with E-state index in [4.69, 9.17) is 0 Å². The highest BCUT2D eigenvalue weighted by molar-refractivity contribution is 9.09. The van der Waals surface area contributed by atoms with E-state index in [9.17, 15) is 9.18 Å². The van der Waals surface area contributed by atoms with E-state index < -0.39 is 0 Å². The second kappa shape index (κ2) is 6.51. The van der Waals surface area contributed by atoms with Crippen molar-refractivity contribution in [3.05, 3.63) is 35.6 Å². The second-order valence-corrected chi connectivity index (χ2v) is 6.64. The molecule has 1 unspecified atom stereocenters. The molecule has 1 aromatic rings. The number of amides is 1. The molecule has 2 nitrogen and oxygen atoms in total. The van der Waals surface area contributed by atoms with Gasteiger partial charge in [-0.15, -0.1) is 0 Å². The van der Waals surface area contributed by atoms with Gasteiger partial charge in [0.1, 0.15) is 5.82 Å². The van der Waals surface area contributed by atoms with E-state index in [2.05, 4.69) is 22.9 Å². The van der Waals surface area contributed by atoms with Crippen molar-refractivity contribution < 1.29 is 9.18 Å². The summed E-state index contributed by atoms with van der Waals surface area (Å²) in [5.74, 6) is 0.547. The molecule has 1 saturated heterocycles. The molecule has 2 rings (SSSR count). The van der Waals surface area contributed by atoms with Crippen LogP contribution in [0.4, 0.5) is 4.39 Å². The molecule has 1 heterocycles. The van der Waals surface area contributed by atoms with Gasteiger partial charge in [-0.1, -0.05) is 35.0 Å². The van der Waals surface area contributed by atoms with E-state index in [1.54, 1.807) is 12.1 Å². The average Bonchev–Trinajstić information content (AvgIpc) is 2.41. The van der Waals surface area contributed by atoms with Crippen LogP contribution >= 0.6 is 15.9 Å². The number of alkyl halides is 1. The molecule has 1 atom stereocenters. The predicted octanol–water partition coefficient (Wildman–Crippen LogP) is 3.39. The first-order valence-electron chi connectivity index (χ1n) is 6.72. The summed E-state index contributed by atoms with van der Waals surface area (Å²) in [6.45, 7) is 3.84. The van der Waals surface area contributed by atoms with Crippen LogP contribution in [0.1, 0.15) is 25.3 Å².